The minimum absolute atomic E-state index is 0.0113. The van der Waals surface area contributed by atoms with Crippen molar-refractivity contribution in [1.82, 2.24) is 14.3 Å². The minimum atomic E-state index is -3.39. The first kappa shape index (κ1) is 14.2. The molecule has 0 aliphatic carbocycles. The van der Waals surface area contributed by atoms with Crippen molar-refractivity contribution in [2.24, 2.45) is 0 Å². The van der Waals surface area contributed by atoms with Crippen LogP contribution in [0.2, 0.25) is 0 Å². The molecule has 0 aromatic rings. The number of nitrogens with one attached hydrogen (secondary N) is 2. The lowest BCUT2D eigenvalue weighted by molar-refractivity contribution is -0.0444. The molecule has 2 heterocycles. The molecule has 2 saturated heterocycles. The smallest absolute Gasteiger partial charge is 0.279 e. The molecule has 0 spiro atoms. The SMILES string of the molecule is CC1CN(S(=O)(=O)N[C@H]2CCCNC2)CC(C)O1. The van der Waals surface area contributed by atoms with Crippen molar-refractivity contribution in [1.29, 1.82) is 0 Å². The molecule has 2 rings (SSSR count). The molecular weight excluding hydrogens is 254 g/mol. The third kappa shape index (κ3) is 3.64. The van der Waals surface area contributed by atoms with E-state index in [1.54, 1.807) is 0 Å². The highest BCUT2D eigenvalue weighted by Crippen LogP contribution is 2.14. The van der Waals surface area contributed by atoms with Gasteiger partial charge in [-0.2, -0.15) is 17.4 Å². The lowest BCUT2D eigenvalue weighted by Gasteiger charge is -2.35. The van der Waals surface area contributed by atoms with Crippen LogP contribution in [0, 0.1) is 0 Å². The molecule has 2 N–H and O–H groups in total. The Morgan fingerprint density at radius 1 is 1.28 bits per heavy atom. The molecule has 0 saturated carbocycles. The zero-order chi connectivity index (χ0) is 13.2. The molecule has 7 heteroatoms. The maximum Gasteiger partial charge on any atom is 0.279 e. The van der Waals surface area contributed by atoms with Gasteiger partial charge in [0.15, 0.2) is 0 Å². The number of morpholine rings is 1. The highest BCUT2D eigenvalue weighted by Gasteiger charge is 2.32. The fourth-order valence-electron chi connectivity index (χ4n) is 2.56. The van der Waals surface area contributed by atoms with E-state index in [4.69, 9.17) is 4.74 Å². The second-order valence-corrected chi connectivity index (χ2v) is 6.94. The molecule has 0 bridgehead atoms. The van der Waals surface area contributed by atoms with Gasteiger partial charge in [-0.3, -0.25) is 0 Å². The monoisotopic (exact) mass is 277 g/mol. The summed E-state index contributed by atoms with van der Waals surface area (Å²) >= 11 is 0. The third-order valence-corrected chi connectivity index (χ3v) is 4.95. The lowest BCUT2D eigenvalue weighted by atomic mass is 10.1. The van der Waals surface area contributed by atoms with E-state index in [0.717, 1.165) is 19.4 Å². The number of ether oxygens (including phenoxy) is 1. The highest BCUT2D eigenvalue weighted by atomic mass is 32.2. The maximum absolute atomic E-state index is 12.3. The fourth-order valence-corrected chi connectivity index (χ4v) is 4.15. The van der Waals surface area contributed by atoms with E-state index >= 15 is 0 Å². The zero-order valence-electron chi connectivity index (χ0n) is 11.1. The summed E-state index contributed by atoms with van der Waals surface area (Å²) in [5.74, 6) is 0. The van der Waals surface area contributed by atoms with Gasteiger partial charge in [0.05, 0.1) is 12.2 Å². The van der Waals surface area contributed by atoms with Gasteiger partial charge >= 0.3 is 0 Å². The normalized spacial score (nSPS) is 35.6. The average molecular weight is 277 g/mol. The molecule has 2 fully saturated rings. The van der Waals surface area contributed by atoms with Crippen molar-refractivity contribution in [3.63, 3.8) is 0 Å². The van der Waals surface area contributed by atoms with Crippen molar-refractivity contribution in [2.75, 3.05) is 26.2 Å². The first-order valence-corrected chi connectivity index (χ1v) is 8.05. The molecule has 0 aromatic carbocycles. The van der Waals surface area contributed by atoms with Gasteiger partial charge in [0.25, 0.3) is 10.2 Å². The van der Waals surface area contributed by atoms with Gasteiger partial charge < -0.3 is 10.1 Å². The van der Waals surface area contributed by atoms with Crippen LogP contribution < -0.4 is 10.0 Å². The van der Waals surface area contributed by atoms with Crippen LogP contribution in [-0.2, 0) is 14.9 Å². The van der Waals surface area contributed by atoms with Crippen LogP contribution in [0.15, 0.2) is 0 Å². The molecule has 18 heavy (non-hydrogen) atoms. The van der Waals surface area contributed by atoms with E-state index in [9.17, 15) is 8.42 Å². The van der Waals surface area contributed by atoms with Crippen LogP contribution in [0.25, 0.3) is 0 Å². The van der Waals surface area contributed by atoms with Crippen molar-refractivity contribution >= 4 is 10.2 Å². The lowest BCUT2D eigenvalue weighted by Crippen LogP contribution is -2.55. The molecule has 6 nitrogen and oxygen atoms in total. The Bertz CT molecular complexity index is 358. The van der Waals surface area contributed by atoms with Gasteiger partial charge in [-0.05, 0) is 33.2 Å². The Morgan fingerprint density at radius 3 is 2.50 bits per heavy atom. The number of hydrogen-bond acceptors (Lipinski definition) is 4. The summed E-state index contributed by atoms with van der Waals surface area (Å²) < 4.78 is 34.4. The molecule has 3 atom stereocenters. The fraction of sp³-hybridized carbons (Fsp3) is 1.00. The predicted molar refractivity (Wildman–Crippen MR) is 69.5 cm³/mol. The standard InChI is InChI=1S/C11H23N3O3S/c1-9-7-14(8-10(2)17-9)18(15,16)13-11-4-3-5-12-6-11/h9-13H,3-8H2,1-2H3/t9?,10?,11-/m0/s1. The Morgan fingerprint density at radius 2 is 1.94 bits per heavy atom. The van der Waals surface area contributed by atoms with Crippen molar-refractivity contribution in [2.45, 2.75) is 44.9 Å². The van der Waals surface area contributed by atoms with Gasteiger partial charge in [-0.25, -0.2) is 0 Å². The molecule has 106 valence electrons. The third-order valence-electron chi connectivity index (χ3n) is 3.34. The number of nitrogens with zero attached hydrogens (tertiary/aromatic N) is 1. The second kappa shape index (κ2) is 5.83. The largest absolute Gasteiger partial charge is 0.373 e. The predicted octanol–water partition coefficient (Wildman–Crippen LogP) is -0.318. The van der Waals surface area contributed by atoms with E-state index in [1.807, 2.05) is 13.8 Å². The summed E-state index contributed by atoms with van der Waals surface area (Å²) in [5, 5.41) is 3.21. The average Bonchev–Trinajstić information content (AvgIpc) is 2.28. The van der Waals surface area contributed by atoms with E-state index in [-0.39, 0.29) is 18.2 Å². The minimum Gasteiger partial charge on any atom is -0.373 e. The molecule has 2 aliphatic rings. The molecule has 0 radical (unpaired) electrons. The molecule has 2 aliphatic heterocycles. The topological polar surface area (TPSA) is 70.7 Å². The second-order valence-electron chi connectivity index (χ2n) is 5.24. The van der Waals surface area contributed by atoms with E-state index < -0.39 is 10.2 Å². The number of piperidine rings is 1. The van der Waals surface area contributed by atoms with Gasteiger partial charge in [-0.1, -0.05) is 0 Å². The van der Waals surface area contributed by atoms with Crippen LogP contribution in [0.3, 0.4) is 0 Å². The first-order chi connectivity index (χ1) is 8.47. The summed E-state index contributed by atoms with van der Waals surface area (Å²) in [7, 11) is -3.39. The Labute approximate surface area is 109 Å². The van der Waals surface area contributed by atoms with Crippen LogP contribution in [0.4, 0.5) is 0 Å². The quantitative estimate of drug-likeness (QED) is 0.742. The first-order valence-electron chi connectivity index (χ1n) is 6.61. The maximum atomic E-state index is 12.3. The molecule has 2 unspecified atom stereocenters. The summed E-state index contributed by atoms with van der Waals surface area (Å²) in [5.41, 5.74) is 0. The Hall–Kier alpha value is -0.210. The molecule has 0 amide bonds. The Kier molecular flexibility index (Phi) is 4.60. The summed E-state index contributed by atoms with van der Waals surface area (Å²) in [6.45, 7) is 6.36. The van der Waals surface area contributed by atoms with E-state index in [0.29, 0.717) is 19.6 Å². The summed E-state index contributed by atoms with van der Waals surface area (Å²) in [4.78, 5) is 0. The number of hydrogen-bond donors (Lipinski definition) is 2. The van der Waals surface area contributed by atoms with Gasteiger partial charge in [0.2, 0.25) is 0 Å². The van der Waals surface area contributed by atoms with E-state index in [2.05, 4.69) is 10.0 Å². The van der Waals surface area contributed by atoms with Crippen LogP contribution >= 0.6 is 0 Å². The number of rotatable bonds is 3. The molecular formula is C11H23N3O3S. The Balaban J connectivity index is 1.96. The van der Waals surface area contributed by atoms with Gasteiger partial charge in [-0.15, -0.1) is 0 Å². The van der Waals surface area contributed by atoms with Crippen LogP contribution in [-0.4, -0.2) is 57.2 Å². The molecule has 0 aromatic heterocycles. The highest BCUT2D eigenvalue weighted by molar-refractivity contribution is 7.87. The van der Waals surface area contributed by atoms with Crippen LogP contribution in [0.5, 0.6) is 0 Å². The van der Waals surface area contributed by atoms with Crippen molar-refractivity contribution < 1.29 is 13.2 Å². The zero-order valence-corrected chi connectivity index (χ0v) is 11.9. The summed E-state index contributed by atoms with van der Waals surface area (Å²) in [6, 6.07) is 0.0113. The van der Waals surface area contributed by atoms with Gasteiger partial charge in [0, 0.05) is 25.7 Å². The van der Waals surface area contributed by atoms with Crippen LogP contribution in [0.1, 0.15) is 26.7 Å². The van der Waals surface area contributed by atoms with E-state index in [1.165, 1.54) is 4.31 Å². The summed E-state index contributed by atoms with van der Waals surface area (Å²) in [6.07, 6.45) is 1.83. The van der Waals surface area contributed by atoms with Gasteiger partial charge in [0.1, 0.15) is 0 Å². The van der Waals surface area contributed by atoms with Crippen molar-refractivity contribution in [3.8, 4) is 0 Å². The van der Waals surface area contributed by atoms with Crippen molar-refractivity contribution in [3.05, 3.63) is 0 Å².